The van der Waals surface area contributed by atoms with Gasteiger partial charge in [-0.1, -0.05) is 0 Å². The van der Waals surface area contributed by atoms with Crippen LogP contribution in [0.15, 0.2) is 41.7 Å². The maximum atomic E-state index is 13.0. The van der Waals surface area contributed by atoms with Crippen molar-refractivity contribution in [2.24, 2.45) is 4.99 Å². The number of nitrogens with zero attached hydrogens (tertiary/aromatic N) is 3. The number of rotatable bonds is 4. The summed E-state index contributed by atoms with van der Waals surface area (Å²) in [6, 6.07) is 5.82. The number of aromatic nitrogens is 2. The Morgan fingerprint density at radius 3 is 2.50 bits per heavy atom. The molecule has 0 saturated carbocycles. The zero-order valence-corrected chi connectivity index (χ0v) is 12.0. The van der Waals surface area contributed by atoms with E-state index in [4.69, 9.17) is 0 Å². The van der Waals surface area contributed by atoms with Crippen molar-refractivity contribution in [1.82, 2.24) is 9.97 Å². The van der Waals surface area contributed by atoms with Gasteiger partial charge in [0.25, 0.3) is 5.92 Å². The summed E-state index contributed by atoms with van der Waals surface area (Å²) in [5.74, 6) is -3.08. The molecule has 0 fully saturated rings. The van der Waals surface area contributed by atoms with Crippen LogP contribution in [0.3, 0.4) is 0 Å². The van der Waals surface area contributed by atoms with Crippen LogP contribution in [0.1, 0.15) is 28.5 Å². The number of carbonyl (C=O) groups excluding carboxylic acids is 1. The van der Waals surface area contributed by atoms with E-state index in [2.05, 4.69) is 19.7 Å². The lowest BCUT2D eigenvalue weighted by Crippen LogP contribution is -2.09. The summed E-state index contributed by atoms with van der Waals surface area (Å²) in [5, 5.41) is 0. The van der Waals surface area contributed by atoms with E-state index in [1.807, 2.05) is 0 Å². The van der Waals surface area contributed by atoms with Gasteiger partial charge in [0.15, 0.2) is 5.82 Å². The Labute approximate surface area is 125 Å². The van der Waals surface area contributed by atoms with Crippen LogP contribution in [0, 0.1) is 0 Å². The molecule has 0 bridgehead atoms. The second-order valence-electron chi connectivity index (χ2n) is 4.52. The molecule has 0 aliphatic carbocycles. The molecular weight excluding hydrogens is 292 g/mol. The van der Waals surface area contributed by atoms with Gasteiger partial charge in [0.2, 0.25) is 0 Å². The molecule has 2 heterocycles. The van der Waals surface area contributed by atoms with Crippen molar-refractivity contribution in [2.75, 3.05) is 7.11 Å². The summed E-state index contributed by atoms with van der Waals surface area (Å²) in [5.41, 5.74) is 0.578. The first-order valence-electron chi connectivity index (χ1n) is 6.33. The number of aliphatic imine (C=N–C) groups is 1. The van der Waals surface area contributed by atoms with Crippen LogP contribution in [0.4, 0.5) is 14.6 Å². The highest BCUT2D eigenvalue weighted by Crippen LogP contribution is 2.24. The van der Waals surface area contributed by atoms with Crippen molar-refractivity contribution in [3.8, 4) is 0 Å². The third-order valence-electron chi connectivity index (χ3n) is 2.75. The molecule has 0 aromatic carbocycles. The fourth-order valence-electron chi connectivity index (χ4n) is 1.58. The lowest BCUT2D eigenvalue weighted by molar-refractivity contribution is 0.0127. The Morgan fingerprint density at radius 1 is 1.23 bits per heavy atom. The second-order valence-corrected chi connectivity index (χ2v) is 4.52. The molecule has 0 radical (unpaired) electrons. The Bertz CT molecular complexity index is 677. The number of hydrogen-bond donors (Lipinski definition) is 0. The van der Waals surface area contributed by atoms with Crippen LogP contribution < -0.4 is 0 Å². The van der Waals surface area contributed by atoms with E-state index in [1.54, 1.807) is 6.07 Å². The predicted molar refractivity (Wildman–Crippen MR) is 76.6 cm³/mol. The average Bonchev–Trinajstić information content (AvgIpc) is 2.52. The van der Waals surface area contributed by atoms with Crippen LogP contribution in [0.25, 0.3) is 0 Å². The first-order chi connectivity index (χ1) is 10.4. The van der Waals surface area contributed by atoms with Crippen LogP contribution >= 0.6 is 0 Å². The zero-order chi connectivity index (χ0) is 16.2. The second kappa shape index (κ2) is 6.38. The van der Waals surface area contributed by atoms with E-state index in [9.17, 15) is 13.6 Å². The summed E-state index contributed by atoms with van der Waals surface area (Å²) >= 11 is 0. The van der Waals surface area contributed by atoms with Gasteiger partial charge >= 0.3 is 5.97 Å². The highest BCUT2D eigenvalue weighted by atomic mass is 19.3. The van der Waals surface area contributed by atoms with E-state index >= 15 is 0 Å². The molecule has 0 aliphatic heterocycles. The molecule has 2 rings (SSSR count). The molecule has 0 aliphatic rings. The lowest BCUT2D eigenvalue weighted by atomic mass is 10.2. The number of esters is 1. The number of ether oxygens (including phenoxy) is 1. The van der Waals surface area contributed by atoms with Crippen molar-refractivity contribution < 1.29 is 18.3 Å². The average molecular weight is 305 g/mol. The topological polar surface area (TPSA) is 64.4 Å². The molecule has 2 aromatic rings. The summed E-state index contributed by atoms with van der Waals surface area (Å²) in [4.78, 5) is 23.0. The molecule has 0 amide bonds. The third-order valence-corrected chi connectivity index (χ3v) is 2.75. The minimum Gasteiger partial charge on any atom is -0.465 e. The van der Waals surface area contributed by atoms with Crippen LogP contribution in [0.5, 0.6) is 0 Å². The highest BCUT2D eigenvalue weighted by molar-refractivity contribution is 5.89. The molecule has 7 heteroatoms. The number of carbonyl (C=O) groups is 1. The fourth-order valence-corrected chi connectivity index (χ4v) is 1.58. The van der Waals surface area contributed by atoms with Gasteiger partial charge in [-0.25, -0.2) is 14.8 Å². The molecule has 22 heavy (non-hydrogen) atoms. The van der Waals surface area contributed by atoms with Gasteiger partial charge in [-0.2, -0.15) is 8.78 Å². The van der Waals surface area contributed by atoms with Crippen LogP contribution in [-0.2, 0) is 10.7 Å². The molecule has 0 spiro atoms. The summed E-state index contributed by atoms with van der Waals surface area (Å²) in [7, 11) is 1.28. The van der Waals surface area contributed by atoms with Crippen molar-refractivity contribution in [3.63, 3.8) is 0 Å². The number of hydrogen-bond acceptors (Lipinski definition) is 5. The summed E-state index contributed by atoms with van der Waals surface area (Å²) < 4.78 is 30.6. The van der Waals surface area contributed by atoms with E-state index in [0.717, 1.165) is 6.92 Å². The Balaban J connectivity index is 2.10. The summed E-state index contributed by atoms with van der Waals surface area (Å²) in [6.45, 7) is 0.788. The minimum absolute atomic E-state index is 0.301. The monoisotopic (exact) mass is 305 g/mol. The van der Waals surface area contributed by atoms with Crippen molar-refractivity contribution >= 4 is 18.0 Å². The van der Waals surface area contributed by atoms with E-state index in [0.29, 0.717) is 16.9 Å². The van der Waals surface area contributed by atoms with Gasteiger partial charge in [-0.15, -0.1) is 0 Å². The first-order valence-corrected chi connectivity index (χ1v) is 6.33. The zero-order valence-electron chi connectivity index (χ0n) is 12.0. The molecule has 0 unspecified atom stereocenters. The number of alkyl halides is 2. The highest BCUT2D eigenvalue weighted by Gasteiger charge is 2.25. The molecule has 2 aromatic heterocycles. The standard InChI is InChI=1S/C15H13F2N3O2/c1-15(16,17)12-5-3-10(7-18-12)8-19-13-6-4-11(9-20-13)14(21)22-2/h3-9H,1-2H3. The number of methoxy groups -OCH3 is 1. The van der Waals surface area contributed by atoms with Gasteiger partial charge < -0.3 is 4.74 Å². The molecule has 0 N–H and O–H groups in total. The maximum Gasteiger partial charge on any atom is 0.339 e. The van der Waals surface area contributed by atoms with E-state index in [-0.39, 0.29) is 5.69 Å². The number of pyridine rings is 2. The van der Waals surface area contributed by atoms with Crippen LogP contribution in [-0.4, -0.2) is 29.3 Å². The smallest absolute Gasteiger partial charge is 0.339 e. The van der Waals surface area contributed by atoms with Gasteiger partial charge in [-0.05, 0) is 24.3 Å². The van der Waals surface area contributed by atoms with E-state index < -0.39 is 11.9 Å². The van der Waals surface area contributed by atoms with Crippen molar-refractivity contribution in [2.45, 2.75) is 12.8 Å². The Kier molecular flexibility index (Phi) is 4.55. The largest absolute Gasteiger partial charge is 0.465 e. The third kappa shape index (κ3) is 3.91. The SMILES string of the molecule is COC(=O)c1ccc(N=Cc2ccc(C(C)(F)F)nc2)nc1. The van der Waals surface area contributed by atoms with Gasteiger partial charge in [0.05, 0.1) is 12.7 Å². The molecule has 114 valence electrons. The maximum absolute atomic E-state index is 13.0. The summed E-state index contributed by atoms with van der Waals surface area (Å²) in [6.07, 6.45) is 4.10. The number of halogens is 2. The molecular formula is C15H13F2N3O2. The van der Waals surface area contributed by atoms with Crippen molar-refractivity contribution in [3.05, 3.63) is 53.5 Å². The Hall–Kier alpha value is -2.70. The molecule has 5 nitrogen and oxygen atoms in total. The van der Waals surface area contributed by atoms with Crippen LogP contribution in [0.2, 0.25) is 0 Å². The van der Waals surface area contributed by atoms with Crippen molar-refractivity contribution in [1.29, 1.82) is 0 Å². The van der Waals surface area contributed by atoms with Gasteiger partial charge in [-0.3, -0.25) is 4.98 Å². The van der Waals surface area contributed by atoms with Gasteiger partial charge in [0, 0.05) is 31.1 Å². The Morgan fingerprint density at radius 2 is 2.00 bits per heavy atom. The van der Waals surface area contributed by atoms with E-state index in [1.165, 1.54) is 43.9 Å². The predicted octanol–water partition coefficient (Wildman–Crippen LogP) is 3.13. The normalized spacial score (nSPS) is 11.6. The first kappa shape index (κ1) is 15.7. The molecule has 0 saturated heterocycles. The van der Waals surface area contributed by atoms with Gasteiger partial charge in [0.1, 0.15) is 5.69 Å². The molecule has 0 atom stereocenters. The quantitative estimate of drug-likeness (QED) is 0.643. The lowest BCUT2D eigenvalue weighted by Gasteiger charge is -2.08. The fraction of sp³-hybridized carbons (Fsp3) is 0.200. The minimum atomic E-state index is -2.97.